The Kier molecular flexibility index (Phi) is 16.8. The van der Waals surface area contributed by atoms with E-state index in [0.29, 0.717) is 32.7 Å². The first kappa shape index (κ1) is 31.8. The average Bonchev–Trinajstić information content (AvgIpc) is 2.83. The zero-order valence-corrected chi connectivity index (χ0v) is 24.0. The zero-order valence-electron chi connectivity index (χ0n) is 24.0. The lowest BCUT2D eigenvalue weighted by atomic mass is 10.0. The van der Waals surface area contributed by atoms with Crippen LogP contribution in [0.4, 0.5) is 0 Å². The molecule has 1 fully saturated rings. The maximum absolute atomic E-state index is 12.4. The summed E-state index contributed by atoms with van der Waals surface area (Å²) in [5, 5.41) is 0. The van der Waals surface area contributed by atoms with Gasteiger partial charge in [-0.2, -0.15) is 0 Å². The average molecular weight is 498 g/mol. The molecule has 0 aromatic heterocycles. The number of allylic oxidation sites excluding steroid dienone is 9. The van der Waals surface area contributed by atoms with E-state index in [1.54, 1.807) is 6.92 Å². The molecule has 1 saturated heterocycles. The molecule has 0 bridgehead atoms. The van der Waals surface area contributed by atoms with E-state index in [9.17, 15) is 9.59 Å². The first-order chi connectivity index (χ1) is 17.2. The minimum atomic E-state index is 0.152. The molecule has 202 valence electrons. The van der Waals surface area contributed by atoms with Gasteiger partial charge in [-0.25, -0.2) is 0 Å². The van der Waals surface area contributed by atoms with Crippen LogP contribution in [0.2, 0.25) is 0 Å². The van der Waals surface area contributed by atoms with Crippen molar-refractivity contribution >= 4 is 11.7 Å². The van der Waals surface area contributed by atoms with Crippen molar-refractivity contribution in [1.29, 1.82) is 0 Å². The van der Waals surface area contributed by atoms with Gasteiger partial charge in [0.1, 0.15) is 5.78 Å². The summed E-state index contributed by atoms with van der Waals surface area (Å²) < 4.78 is 5.33. The van der Waals surface area contributed by atoms with Crippen LogP contribution in [0, 0.1) is 0 Å². The summed E-state index contributed by atoms with van der Waals surface area (Å²) in [7, 11) is 0. The number of hydrogen-bond donors (Lipinski definition) is 0. The minimum absolute atomic E-state index is 0.152. The quantitative estimate of drug-likeness (QED) is 0.160. The SMILES string of the molecule is CC(=O)CCC=C(C)CCC=C(C)CCC=C(C)CCC=C(C)CCC=C(C)C(=O)N1CCOCC1. The number of carbonyl (C=O) groups is 2. The predicted octanol–water partition coefficient (Wildman–Crippen LogP) is 8.07. The van der Waals surface area contributed by atoms with Crippen LogP contribution in [-0.4, -0.2) is 42.9 Å². The lowest BCUT2D eigenvalue weighted by Gasteiger charge is -2.27. The van der Waals surface area contributed by atoms with Crippen LogP contribution in [0.25, 0.3) is 0 Å². The fourth-order valence-electron chi connectivity index (χ4n) is 4.19. The van der Waals surface area contributed by atoms with Gasteiger partial charge in [-0.1, -0.05) is 52.7 Å². The van der Waals surface area contributed by atoms with E-state index >= 15 is 0 Å². The predicted molar refractivity (Wildman–Crippen MR) is 153 cm³/mol. The molecule has 1 rings (SSSR count). The van der Waals surface area contributed by atoms with Crippen LogP contribution < -0.4 is 0 Å². The summed E-state index contributed by atoms with van der Waals surface area (Å²) >= 11 is 0. The van der Waals surface area contributed by atoms with Crippen LogP contribution >= 0.6 is 0 Å². The van der Waals surface area contributed by atoms with Crippen molar-refractivity contribution in [2.45, 2.75) is 106 Å². The van der Waals surface area contributed by atoms with Gasteiger partial charge in [0.25, 0.3) is 0 Å². The number of amides is 1. The van der Waals surface area contributed by atoms with E-state index < -0.39 is 0 Å². The van der Waals surface area contributed by atoms with E-state index in [0.717, 1.165) is 63.4 Å². The monoisotopic (exact) mass is 497 g/mol. The third kappa shape index (κ3) is 15.7. The number of carbonyl (C=O) groups excluding carboxylic acids is 2. The summed E-state index contributed by atoms with van der Waals surface area (Å²) in [4.78, 5) is 25.4. The smallest absolute Gasteiger partial charge is 0.249 e. The third-order valence-corrected chi connectivity index (χ3v) is 6.71. The Balaban J connectivity index is 2.25. The molecule has 1 aliphatic heterocycles. The van der Waals surface area contributed by atoms with Crippen LogP contribution in [0.3, 0.4) is 0 Å². The van der Waals surface area contributed by atoms with Crippen molar-refractivity contribution < 1.29 is 14.3 Å². The molecular formula is C32H51NO3. The molecule has 0 aliphatic carbocycles. The first-order valence-corrected chi connectivity index (χ1v) is 13.8. The highest BCUT2D eigenvalue weighted by Gasteiger charge is 2.17. The number of morpholine rings is 1. The van der Waals surface area contributed by atoms with Crippen molar-refractivity contribution in [3.63, 3.8) is 0 Å². The highest BCUT2D eigenvalue weighted by Crippen LogP contribution is 2.15. The number of hydrogen-bond acceptors (Lipinski definition) is 3. The number of Topliss-reactive ketones (excluding diaryl/α,β-unsaturated/α-hetero) is 1. The van der Waals surface area contributed by atoms with Crippen LogP contribution in [0.1, 0.15) is 106 Å². The summed E-state index contributed by atoms with van der Waals surface area (Å²) in [6.45, 7) is 15.1. The van der Waals surface area contributed by atoms with Crippen LogP contribution in [-0.2, 0) is 14.3 Å². The van der Waals surface area contributed by atoms with Gasteiger partial charge < -0.3 is 14.4 Å². The fourth-order valence-corrected chi connectivity index (χ4v) is 4.19. The van der Waals surface area contributed by atoms with E-state index in [2.05, 4.69) is 58.1 Å². The van der Waals surface area contributed by atoms with Crippen molar-refractivity contribution in [3.8, 4) is 0 Å². The third-order valence-electron chi connectivity index (χ3n) is 6.71. The molecule has 0 aromatic rings. The molecule has 0 unspecified atom stereocenters. The molecule has 0 N–H and O–H groups in total. The molecule has 1 heterocycles. The molecule has 0 aromatic carbocycles. The topological polar surface area (TPSA) is 46.6 Å². The maximum Gasteiger partial charge on any atom is 0.249 e. The van der Waals surface area contributed by atoms with Crippen molar-refractivity contribution in [1.82, 2.24) is 4.90 Å². The fraction of sp³-hybridized carbons (Fsp3) is 0.625. The summed E-state index contributed by atoms with van der Waals surface area (Å²) in [5.74, 6) is 0.417. The van der Waals surface area contributed by atoms with Crippen LogP contribution in [0.5, 0.6) is 0 Å². The summed E-state index contributed by atoms with van der Waals surface area (Å²) in [6.07, 6.45) is 21.4. The lowest BCUT2D eigenvalue weighted by molar-refractivity contribution is -0.131. The van der Waals surface area contributed by atoms with Gasteiger partial charge in [0, 0.05) is 25.1 Å². The van der Waals surface area contributed by atoms with Gasteiger partial charge in [0.15, 0.2) is 0 Å². The molecular weight excluding hydrogens is 446 g/mol. The summed E-state index contributed by atoms with van der Waals surface area (Å²) in [6, 6.07) is 0. The standard InChI is InChI=1S/C32H51NO3/c1-26(12-7-13-27(2)15-9-17-29(4)19-11-21-31(6)34)14-8-16-28(3)18-10-20-30(5)32(35)33-22-24-36-25-23-33/h12,15-16,19-20H,7-11,13-14,17-18,21-25H2,1-6H3. The number of ketones is 1. The van der Waals surface area contributed by atoms with Crippen LogP contribution in [0.15, 0.2) is 58.2 Å². The van der Waals surface area contributed by atoms with Gasteiger partial charge in [-0.15, -0.1) is 0 Å². The Morgan fingerprint density at radius 3 is 1.33 bits per heavy atom. The number of ether oxygens (including phenoxy) is 1. The van der Waals surface area contributed by atoms with Gasteiger partial charge in [0.05, 0.1) is 13.2 Å². The van der Waals surface area contributed by atoms with E-state index in [1.807, 2.05) is 11.8 Å². The van der Waals surface area contributed by atoms with E-state index in [1.165, 1.54) is 22.3 Å². The van der Waals surface area contributed by atoms with Crippen molar-refractivity contribution in [3.05, 3.63) is 58.2 Å². The highest BCUT2D eigenvalue weighted by atomic mass is 16.5. The van der Waals surface area contributed by atoms with Crippen molar-refractivity contribution in [2.24, 2.45) is 0 Å². The number of rotatable bonds is 16. The number of nitrogens with zero attached hydrogens (tertiary/aromatic N) is 1. The van der Waals surface area contributed by atoms with Gasteiger partial charge in [-0.3, -0.25) is 4.79 Å². The molecule has 0 radical (unpaired) electrons. The maximum atomic E-state index is 12.4. The Labute approximate surface area is 221 Å². The molecule has 0 atom stereocenters. The largest absolute Gasteiger partial charge is 0.378 e. The zero-order chi connectivity index (χ0) is 26.8. The normalized spacial score (nSPS) is 16.5. The van der Waals surface area contributed by atoms with Gasteiger partial charge in [0.2, 0.25) is 5.91 Å². The van der Waals surface area contributed by atoms with Gasteiger partial charge in [-0.05, 0) is 99.3 Å². The second-order valence-corrected chi connectivity index (χ2v) is 10.4. The Morgan fingerprint density at radius 1 is 0.583 bits per heavy atom. The van der Waals surface area contributed by atoms with E-state index in [4.69, 9.17) is 4.74 Å². The first-order valence-electron chi connectivity index (χ1n) is 13.8. The molecule has 36 heavy (non-hydrogen) atoms. The van der Waals surface area contributed by atoms with Crippen molar-refractivity contribution in [2.75, 3.05) is 26.3 Å². The van der Waals surface area contributed by atoms with E-state index in [-0.39, 0.29) is 11.7 Å². The van der Waals surface area contributed by atoms with Gasteiger partial charge >= 0.3 is 0 Å². The summed E-state index contributed by atoms with van der Waals surface area (Å²) in [5.41, 5.74) is 6.55. The molecule has 4 heteroatoms. The second-order valence-electron chi connectivity index (χ2n) is 10.4. The minimum Gasteiger partial charge on any atom is -0.378 e. The Morgan fingerprint density at radius 2 is 0.944 bits per heavy atom. The Hall–Kier alpha value is -2.20. The lowest BCUT2D eigenvalue weighted by Crippen LogP contribution is -2.41. The molecule has 1 aliphatic rings. The highest BCUT2D eigenvalue weighted by molar-refractivity contribution is 5.92. The molecule has 4 nitrogen and oxygen atoms in total. The molecule has 0 spiro atoms. The second kappa shape index (κ2) is 19.0. The molecule has 1 amide bonds. The Bertz CT molecular complexity index is 835. The molecule has 0 saturated carbocycles.